The number of benzene rings is 1. The van der Waals surface area contributed by atoms with E-state index < -0.39 is 5.82 Å². The first-order valence-electron chi connectivity index (χ1n) is 6.24. The van der Waals surface area contributed by atoms with Gasteiger partial charge < -0.3 is 9.64 Å². The van der Waals surface area contributed by atoms with Crippen LogP contribution in [0, 0.1) is 5.82 Å². The summed E-state index contributed by atoms with van der Waals surface area (Å²) in [7, 11) is 1.39. The van der Waals surface area contributed by atoms with Gasteiger partial charge in [0.05, 0.1) is 19.3 Å². The van der Waals surface area contributed by atoms with E-state index in [0.717, 1.165) is 11.3 Å². The van der Waals surface area contributed by atoms with Gasteiger partial charge in [-0.05, 0) is 29.8 Å². The highest BCUT2D eigenvalue weighted by atomic mass is 19.1. The van der Waals surface area contributed by atoms with Crippen LogP contribution in [-0.4, -0.2) is 22.9 Å². The van der Waals surface area contributed by atoms with Crippen LogP contribution in [0.3, 0.4) is 0 Å². The molecule has 4 nitrogen and oxygen atoms in total. The molecule has 0 unspecified atom stereocenters. The first-order chi connectivity index (χ1) is 9.69. The molecule has 2 aromatic rings. The number of rotatable bonds is 2. The number of fused-ring (bicyclic) bond motifs is 1. The molecule has 0 bridgehead atoms. The molecule has 1 amide bonds. The quantitative estimate of drug-likeness (QED) is 0.843. The fourth-order valence-corrected chi connectivity index (χ4v) is 2.33. The lowest BCUT2D eigenvalue weighted by atomic mass is 10.2. The Labute approximate surface area is 115 Å². The summed E-state index contributed by atoms with van der Waals surface area (Å²) >= 11 is 0. The number of hydrogen-bond acceptors (Lipinski definition) is 3. The van der Waals surface area contributed by atoms with Crippen LogP contribution in [0.2, 0.25) is 0 Å². The summed E-state index contributed by atoms with van der Waals surface area (Å²) in [5.74, 6) is -0.606. The molecule has 3 rings (SSSR count). The van der Waals surface area contributed by atoms with Crippen LogP contribution in [0.1, 0.15) is 21.6 Å². The third-order valence-corrected chi connectivity index (χ3v) is 3.37. The van der Waals surface area contributed by atoms with Gasteiger partial charge in [-0.1, -0.05) is 6.07 Å². The Hall–Kier alpha value is -2.43. The summed E-state index contributed by atoms with van der Waals surface area (Å²) in [5.41, 5.74) is 2.25. The molecule has 1 aromatic carbocycles. The Kier molecular flexibility index (Phi) is 3.10. The van der Waals surface area contributed by atoms with Crippen LogP contribution in [0.4, 0.5) is 4.39 Å². The van der Waals surface area contributed by atoms with Crippen molar-refractivity contribution in [2.75, 3.05) is 7.11 Å². The minimum absolute atomic E-state index is 0.132. The molecule has 0 spiro atoms. The zero-order chi connectivity index (χ0) is 14.1. The van der Waals surface area contributed by atoms with Crippen molar-refractivity contribution in [3.8, 4) is 5.75 Å². The summed E-state index contributed by atoms with van der Waals surface area (Å²) in [6, 6.07) is 8.03. The lowest BCUT2D eigenvalue weighted by Crippen LogP contribution is -2.25. The van der Waals surface area contributed by atoms with Crippen molar-refractivity contribution in [2.45, 2.75) is 13.1 Å². The van der Waals surface area contributed by atoms with Gasteiger partial charge in [-0.15, -0.1) is 0 Å². The molecule has 20 heavy (non-hydrogen) atoms. The van der Waals surface area contributed by atoms with Crippen molar-refractivity contribution in [2.24, 2.45) is 0 Å². The average Bonchev–Trinajstić information content (AvgIpc) is 2.90. The Morgan fingerprint density at radius 3 is 2.90 bits per heavy atom. The maximum absolute atomic E-state index is 13.7. The molecule has 0 N–H and O–H groups in total. The standard InChI is InChI=1S/C15H13FN2O2/c1-20-14-5-4-10(7-12(14)16)15(19)18-8-11-3-2-6-17-13(11)9-18/h2-7H,8-9H2,1H3. The van der Waals surface area contributed by atoms with Crippen LogP contribution >= 0.6 is 0 Å². The highest BCUT2D eigenvalue weighted by Crippen LogP contribution is 2.24. The van der Waals surface area contributed by atoms with Crippen molar-refractivity contribution in [3.63, 3.8) is 0 Å². The predicted molar refractivity (Wildman–Crippen MR) is 70.8 cm³/mol. The van der Waals surface area contributed by atoms with Gasteiger partial charge in [0.2, 0.25) is 0 Å². The molecule has 102 valence electrons. The van der Waals surface area contributed by atoms with Gasteiger partial charge in [-0.2, -0.15) is 0 Å². The number of amides is 1. The van der Waals surface area contributed by atoms with Crippen molar-refractivity contribution in [3.05, 3.63) is 59.2 Å². The van der Waals surface area contributed by atoms with Crippen molar-refractivity contribution < 1.29 is 13.9 Å². The summed E-state index contributed by atoms with van der Waals surface area (Å²) < 4.78 is 18.5. The number of nitrogens with zero attached hydrogens (tertiary/aromatic N) is 2. The van der Waals surface area contributed by atoms with E-state index in [-0.39, 0.29) is 11.7 Å². The Morgan fingerprint density at radius 2 is 2.20 bits per heavy atom. The van der Waals surface area contributed by atoms with Crippen molar-refractivity contribution >= 4 is 5.91 Å². The van der Waals surface area contributed by atoms with Crippen LogP contribution in [0.25, 0.3) is 0 Å². The van der Waals surface area contributed by atoms with E-state index >= 15 is 0 Å². The highest BCUT2D eigenvalue weighted by Gasteiger charge is 2.25. The topological polar surface area (TPSA) is 42.4 Å². The first kappa shape index (κ1) is 12.6. The fourth-order valence-electron chi connectivity index (χ4n) is 2.33. The molecular formula is C15H13FN2O2. The van der Waals surface area contributed by atoms with E-state index in [1.807, 2.05) is 12.1 Å². The molecule has 1 aliphatic heterocycles. The molecule has 2 heterocycles. The minimum Gasteiger partial charge on any atom is -0.494 e. The van der Waals surface area contributed by atoms with Crippen molar-refractivity contribution in [1.29, 1.82) is 0 Å². The number of halogens is 1. The Balaban J connectivity index is 1.83. The van der Waals surface area contributed by atoms with Gasteiger partial charge in [0.1, 0.15) is 0 Å². The minimum atomic E-state index is -0.534. The van der Waals surface area contributed by atoms with E-state index in [1.165, 1.54) is 19.2 Å². The van der Waals surface area contributed by atoms with Gasteiger partial charge in [-0.25, -0.2) is 4.39 Å². The second kappa shape index (κ2) is 4.92. The fraction of sp³-hybridized carbons (Fsp3) is 0.200. The smallest absolute Gasteiger partial charge is 0.254 e. The monoisotopic (exact) mass is 272 g/mol. The van der Waals surface area contributed by atoms with E-state index in [9.17, 15) is 9.18 Å². The number of hydrogen-bond donors (Lipinski definition) is 0. The second-order valence-corrected chi connectivity index (χ2v) is 4.62. The van der Waals surface area contributed by atoms with Gasteiger partial charge >= 0.3 is 0 Å². The van der Waals surface area contributed by atoms with Gasteiger partial charge in [-0.3, -0.25) is 9.78 Å². The summed E-state index contributed by atoms with van der Waals surface area (Å²) in [5, 5.41) is 0. The maximum atomic E-state index is 13.7. The molecule has 0 saturated carbocycles. The van der Waals surface area contributed by atoms with E-state index in [1.54, 1.807) is 17.2 Å². The molecule has 5 heteroatoms. The number of ether oxygens (including phenoxy) is 1. The van der Waals surface area contributed by atoms with E-state index in [0.29, 0.717) is 18.7 Å². The average molecular weight is 272 g/mol. The zero-order valence-electron chi connectivity index (χ0n) is 11.0. The summed E-state index contributed by atoms with van der Waals surface area (Å²) in [6.45, 7) is 0.971. The SMILES string of the molecule is COc1ccc(C(=O)N2Cc3cccnc3C2)cc1F. The molecule has 0 radical (unpaired) electrons. The number of aromatic nitrogens is 1. The predicted octanol–water partition coefficient (Wildman–Crippen LogP) is 2.39. The third kappa shape index (κ3) is 2.11. The normalized spacial score (nSPS) is 13.2. The van der Waals surface area contributed by atoms with E-state index in [4.69, 9.17) is 4.74 Å². The summed E-state index contributed by atoms with van der Waals surface area (Å²) in [4.78, 5) is 18.3. The molecule has 0 saturated heterocycles. The molecule has 1 aromatic heterocycles. The Morgan fingerprint density at radius 1 is 1.35 bits per heavy atom. The number of pyridine rings is 1. The summed E-state index contributed by atoms with van der Waals surface area (Å²) in [6.07, 6.45) is 1.71. The molecule has 0 atom stereocenters. The van der Waals surface area contributed by atoms with E-state index in [2.05, 4.69) is 4.98 Å². The first-order valence-corrected chi connectivity index (χ1v) is 6.24. The molecular weight excluding hydrogens is 259 g/mol. The lowest BCUT2D eigenvalue weighted by molar-refractivity contribution is 0.0750. The Bertz CT molecular complexity index is 648. The largest absolute Gasteiger partial charge is 0.494 e. The number of methoxy groups -OCH3 is 1. The highest BCUT2D eigenvalue weighted by molar-refractivity contribution is 5.94. The van der Waals surface area contributed by atoms with Crippen molar-refractivity contribution in [1.82, 2.24) is 9.88 Å². The maximum Gasteiger partial charge on any atom is 0.254 e. The second-order valence-electron chi connectivity index (χ2n) is 4.62. The molecule has 0 aliphatic carbocycles. The zero-order valence-corrected chi connectivity index (χ0v) is 11.0. The van der Waals surface area contributed by atoms with Gasteiger partial charge in [0.15, 0.2) is 11.6 Å². The molecule has 1 aliphatic rings. The van der Waals surface area contributed by atoms with Gasteiger partial charge in [0, 0.05) is 18.3 Å². The lowest BCUT2D eigenvalue weighted by Gasteiger charge is -2.15. The third-order valence-electron chi connectivity index (χ3n) is 3.37. The van der Waals surface area contributed by atoms with Gasteiger partial charge in [0.25, 0.3) is 5.91 Å². The number of carbonyl (C=O) groups is 1. The van der Waals surface area contributed by atoms with Crippen LogP contribution in [0.5, 0.6) is 5.75 Å². The van der Waals surface area contributed by atoms with Crippen LogP contribution < -0.4 is 4.74 Å². The van der Waals surface area contributed by atoms with Crippen LogP contribution in [-0.2, 0) is 13.1 Å². The van der Waals surface area contributed by atoms with Crippen LogP contribution in [0.15, 0.2) is 36.5 Å². The molecule has 0 fully saturated rings. The number of carbonyl (C=O) groups excluding carboxylic acids is 1.